The van der Waals surface area contributed by atoms with Crippen LogP contribution in [0.1, 0.15) is 38.7 Å². The predicted molar refractivity (Wildman–Crippen MR) is 135 cm³/mol. The Morgan fingerprint density at radius 3 is 2.21 bits per heavy atom. The molecule has 0 aliphatic rings. The minimum absolute atomic E-state index is 0.0384. The number of nitrogens with one attached hydrogen (secondary N) is 1. The van der Waals surface area contributed by atoms with E-state index in [-0.39, 0.29) is 12.5 Å². The molecule has 2 aromatic carbocycles. The molecule has 0 aliphatic heterocycles. The van der Waals surface area contributed by atoms with E-state index in [9.17, 15) is 22.4 Å². The Morgan fingerprint density at radius 2 is 1.68 bits per heavy atom. The molecule has 1 N–H and O–H groups in total. The Hall–Kier alpha value is -2.46. The molecule has 2 aromatic rings. The number of carbonyl (C=O) groups excluding carboxylic acids is 2. The van der Waals surface area contributed by atoms with Gasteiger partial charge in [0, 0.05) is 17.6 Å². The summed E-state index contributed by atoms with van der Waals surface area (Å²) in [6.45, 7) is 3.85. The molecule has 2 amide bonds. The summed E-state index contributed by atoms with van der Waals surface area (Å²) in [6, 6.07) is 11.4. The highest BCUT2D eigenvalue weighted by molar-refractivity contribution is 9.10. The predicted octanol–water partition coefficient (Wildman–Crippen LogP) is 4.08. The van der Waals surface area contributed by atoms with E-state index < -0.39 is 34.3 Å². The molecule has 0 fully saturated rings. The van der Waals surface area contributed by atoms with E-state index in [0.717, 1.165) is 27.9 Å². The van der Waals surface area contributed by atoms with Gasteiger partial charge in [-0.05, 0) is 54.8 Å². The molecule has 0 aromatic heterocycles. The maximum absolute atomic E-state index is 13.5. The maximum atomic E-state index is 13.5. The van der Waals surface area contributed by atoms with Crippen LogP contribution in [-0.4, -0.2) is 50.5 Å². The van der Waals surface area contributed by atoms with Crippen molar-refractivity contribution in [2.24, 2.45) is 0 Å². The number of benzene rings is 2. The Balaban J connectivity index is 2.37. The standard InChI is InChI=1S/C24H31BrFN3O4S/c1-4-6-15-27-24(31)22(5-2)28(16-18-7-11-20(26)12-8-18)23(30)17-29(34(3,32)33)21-13-9-19(25)10-14-21/h7-14,22H,4-6,15-17H2,1-3H3,(H,27,31). The van der Waals surface area contributed by atoms with Crippen molar-refractivity contribution in [1.29, 1.82) is 0 Å². The van der Waals surface area contributed by atoms with Gasteiger partial charge >= 0.3 is 0 Å². The molecule has 0 saturated carbocycles. The van der Waals surface area contributed by atoms with Crippen LogP contribution in [0, 0.1) is 5.82 Å². The fourth-order valence-corrected chi connectivity index (χ4v) is 4.55. The fourth-order valence-electron chi connectivity index (χ4n) is 3.43. The quantitative estimate of drug-likeness (QED) is 0.400. The molecule has 7 nitrogen and oxygen atoms in total. The molecule has 1 unspecified atom stereocenters. The third-order valence-corrected chi connectivity index (χ3v) is 6.94. The Labute approximate surface area is 209 Å². The fraction of sp³-hybridized carbons (Fsp3) is 0.417. The van der Waals surface area contributed by atoms with Gasteiger partial charge in [0.2, 0.25) is 21.8 Å². The largest absolute Gasteiger partial charge is 0.354 e. The molecule has 2 rings (SSSR count). The zero-order valence-electron chi connectivity index (χ0n) is 19.6. The average molecular weight is 556 g/mol. The van der Waals surface area contributed by atoms with Crippen LogP contribution < -0.4 is 9.62 Å². The van der Waals surface area contributed by atoms with Crippen molar-refractivity contribution in [3.8, 4) is 0 Å². The van der Waals surface area contributed by atoms with Crippen molar-refractivity contribution in [1.82, 2.24) is 10.2 Å². The summed E-state index contributed by atoms with van der Waals surface area (Å²) in [5, 5.41) is 2.86. The lowest BCUT2D eigenvalue weighted by molar-refractivity contribution is -0.140. The van der Waals surface area contributed by atoms with E-state index in [1.807, 2.05) is 6.92 Å². The molecule has 0 heterocycles. The topological polar surface area (TPSA) is 86.8 Å². The van der Waals surface area contributed by atoms with Crippen molar-refractivity contribution in [2.45, 2.75) is 45.7 Å². The SMILES string of the molecule is CCCCNC(=O)C(CC)N(Cc1ccc(F)cc1)C(=O)CN(c1ccc(Br)cc1)S(C)(=O)=O. The van der Waals surface area contributed by atoms with E-state index in [1.165, 1.54) is 17.0 Å². The summed E-state index contributed by atoms with van der Waals surface area (Å²) < 4.78 is 40.3. The lowest BCUT2D eigenvalue weighted by atomic mass is 10.1. The highest BCUT2D eigenvalue weighted by atomic mass is 79.9. The first-order valence-corrected chi connectivity index (χ1v) is 13.8. The number of rotatable bonds is 12. The van der Waals surface area contributed by atoms with Gasteiger partial charge < -0.3 is 10.2 Å². The number of nitrogens with zero attached hydrogens (tertiary/aromatic N) is 2. The van der Waals surface area contributed by atoms with Gasteiger partial charge in [-0.1, -0.05) is 48.3 Å². The highest BCUT2D eigenvalue weighted by Crippen LogP contribution is 2.22. The van der Waals surface area contributed by atoms with Crippen LogP contribution in [0.25, 0.3) is 0 Å². The molecule has 0 spiro atoms. The van der Waals surface area contributed by atoms with Crippen molar-refractivity contribution in [3.63, 3.8) is 0 Å². The molecule has 0 saturated heterocycles. The van der Waals surface area contributed by atoms with Gasteiger partial charge in [-0.25, -0.2) is 12.8 Å². The maximum Gasteiger partial charge on any atom is 0.244 e. The lowest BCUT2D eigenvalue weighted by Crippen LogP contribution is -2.52. The third-order valence-electron chi connectivity index (χ3n) is 5.28. The van der Waals surface area contributed by atoms with Crippen LogP contribution in [0.2, 0.25) is 0 Å². The van der Waals surface area contributed by atoms with Crippen LogP contribution in [-0.2, 0) is 26.2 Å². The van der Waals surface area contributed by atoms with Crippen LogP contribution in [0.15, 0.2) is 53.0 Å². The van der Waals surface area contributed by atoms with Gasteiger partial charge in [0.25, 0.3) is 0 Å². The van der Waals surface area contributed by atoms with Crippen molar-refractivity contribution in [3.05, 3.63) is 64.4 Å². The Morgan fingerprint density at radius 1 is 1.06 bits per heavy atom. The highest BCUT2D eigenvalue weighted by Gasteiger charge is 2.31. The number of hydrogen-bond acceptors (Lipinski definition) is 4. The van der Waals surface area contributed by atoms with Crippen molar-refractivity contribution >= 4 is 43.5 Å². The smallest absolute Gasteiger partial charge is 0.244 e. The molecular formula is C24H31BrFN3O4S. The summed E-state index contributed by atoms with van der Waals surface area (Å²) in [5.41, 5.74) is 0.963. The van der Waals surface area contributed by atoms with E-state index in [0.29, 0.717) is 24.2 Å². The molecule has 0 bridgehead atoms. The van der Waals surface area contributed by atoms with Crippen LogP contribution >= 0.6 is 15.9 Å². The molecule has 34 heavy (non-hydrogen) atoms. The zero-order chi connectivity index (χ0) is 25.3. The lowest BCUT2D eigenvalue weighted by Gasteiger charge is -2.33. The second-order valence-electron chi connectivity index (χ2n) is 7.96. The number of anilines is 1. The van der Waals surface area contributed by atoms with Crippen LogP contribution in [0.4, 0.5) is 10.1 Å². The van der Waals surface area contributed by atoms with Crippen LogP contribution in [0.5, 0.6) is 0 Å². The van der Waals surface area contributed by atoms with Gasteiger partial charge in [0.15, 0.2) is 0 Å². The van der Waals surface area contributed by atoms with Gasteiger partial charge in [0.05, 0.1) is 11.9 Å². The second-order valence-corrected chi connectivity index (χ2v) is 10.8. The number of unbranched alkanes of at least 4 members (excludes halogenated alkanes) is 1. The summed E-state index contributed by atoms with van der Waals surface area (Å²) in [7, 11) is -3.79. The summed E-state index contributed by atoms with van der Waals surface area (Å²) >= 11 is 3.32. The molecule has 1 atom stereocenters. The van der Waals surface area contributed by atoms with Crippen molar-refractivity contribution < 1.29 is 22.4 Å². The van der Waals surface area contributed by atoms with Crippen molar-refractivity contribution in [2.75, 3.05) is 23.7 Å². The number of sulfonamides is 1. The average Bonchev–Trinajstić information content (AvgIpc) is 2.78. The number of carbonyl (C=O) groups is 2. The number of halogens is 2. The number of hydrogen-bond donors (Lipinski definition) is 1. The number of amides is 2. The van der Waals surface area contributed by atoms with Gasteiger partial charge in [-0.3, -0.25) is 13.9 Å². The van der Waals surface area contributed by atoms with E-state index in [4.69, 9.17) is 0 Å². The monoisotopic (exact) mass is 555 g/mol. The van der Waals surface area contributed by atoms with Gasteiger partial charge in [-0.15, -0.1) is 0 Å². The Bertz CT molecular complexity index is 1060. The van der Waals surface area contributed by atoms with E-state index >= 15 is 0 Å². The molecule has 186 valence electrons. The first-order chi connectivity index (χ1) is 16.1. The second kappa shape index (κ2) is 12.9. The summed E-state index contributed by atoms with van der Waals surface area (Å²) in [6.07, 6.45) is 3.08. The first kappa shape index (κ1) is 27.8. The molecular weight excluding hydrogens is 525 g/mol. The first-order valence-electron chi connectivity index (χ1n) is 11.1. The minimum Gasteiger partial charge on any atom is -0.354 e. The molecule has 0 aliphatic carbocycles. The zero-order valence-corrected chi connectivity index (χ0v) is 22.0. The Kier molecular flexibility index (Phi) is 10.5. The van der Waals surface area contributed by atoms with Gasteiger partial charge in [-0.2, -0.15) is 0 Å². The van der Waals surface area contributed by atoms with Gasteiger partial charge in [0.1, 0.15) is 18.4 Å². The van der Waals surface area contributed by atoms with E-state index in [2.05, 4.69) is 21.2 Å². The van der Waals surface area contributed by atoms with Crippen LogP contribution in [0.3, 0.4) is 0 Å². The molecule has 10 heteroatoms. The molecule has 0 radical (unpaired) electrons. The summed E-state index contributed by atoms with van der Waals surface area (Å²) in [5.74, 6) is -1.25. The summed E-state index contributed by atoms with van der Waals surface area (Å²) in [4.78, 5) is 27.8. The van der Waals surface area contributed by atoms with E-state index in [1.54, 1.807) is 43.3 Å². The minimum atomic E-state index is -3.79. The third kappa shape index (κ3) is 8.09. The normalized spacial score (nSPS) is 12.1.